The summed E-state index contributed by atoms with van der Waals surface area (Å²) in [6.07, 6.45) is 0. The minimum Gasteiger partial charge on any atom is -0.383 e. The first-order chi connectivity index (χ1) is 16.5. The zero-order valence-electron chi connectivity index (χ0n) is 18.7. The van der Waals surface area contributed by atoms with E-state index in [-0.39, 0.29) is 38.0 Å². The molecule has 34 heavy (non-hydrogen) atoms. The van der Waals surface area contributed by atoms with E-state index in [1.807, 2.05) is 23.6 Å². The van der Waals surface area contributed by atoms with E-state index >= 15 is 0 Å². The fraction of sp³-hybridized carbons (Fsp3) is 0.240. The summed E-state index contributed by atoms with van der Waals surface area (Å²) in [5.74, 6) is -0.589. The fourth-order valence-corrected chi connectivity index (χ4v) is 3.90. The molecule has 0 fully saturated rings. The predicted molar refractivity (Wildman–Crippen MR) is 129 cm³/mol. The van der Waals surface area contributed by atoms with Crippen molar-refractivity contribution >= 4 is 29.0 Å². The number of nitrogens with zero attached hydrogens (tertiary/aromatic N) is 3. The molecule has 0 saturated carbocycles. The second-order valence-electron chi connectivity index (χ2n) is 7.49. The molecule has 9 heteroatoms. The predicted octanol–water partition coefficient (Wildman–Crippen LogP) is 4.47. The van der Waals surface area contributed by atoms with Crippen molar-refractivity contribution in [2.75, 3.05) is 32.1 Å². The number of benzene rings is 2. The molecule has 0 radical (unpaired) electrons. The third kappa shape index (κ3) is 7.40. The van der Waals surface area contributed by atoms with E-state index in [4.69, 9.17) is 10.00 Å². The molecule has 1 N–H and O–H groups in total. The lowest BCUT2D eigenvalue weighted by molar-refractivity contribution is -0.133. The van der Waals surface area contributed by atoms with E-state index in [1.54, 1.807) is 41.3 Å². The molecule has 1 aromatic heterocycles. The van der Waals surface area contributed by atoms with Gasteiger partial charge >= 0.3 is 6.03 Å². The molecule has 2 aromatic carbocycles. The van der Waals surface area contributed by atoms with E-state index < -0.39 is 6.03 Å². The Morgan fingerprint density at radius 3 is 2.41 bits per heavy atom. The van der Waals surface area contributed by atoms with Crippen LogP contribution < -0.4 is 5.32 Å². The number of rotatable bonds is 10. The number of carbonyl (C=O) groups excluding carboxylic acids is 2. The van der Waals surface area contributed by atoms with Crippen LogP contribution >= 0.6 is 11.3 Å². The van der Waals surface area contributed by atoms with Crippen LogP contribution in [0.15, 0.2) is 66.0 Å². The Balaban J connectivity index is 1.73. The highest BCUT2D eigenvalue weighted by molar-refractivity contribution is 7.09. The first kappa shape index (κ1) is 24.9. The van der Waals surface area contributed by atoms with Crippen molar-refractivity contribution in [1.29, 1.82) is 5.26 Å². The van der Waals surface area contributed by atoms with Gasteiger partial charge in [-0.25, -0.2) is 9.18 Å². The van der Waals surface area contributed by atoms with Gasteiger partial charge in [-0.15, -0.1) is 11.3 Å². The summed E-state index contributed by atoms with van der Waals surface area (Å²) >= 11 is 1.54. The van der Waals surface area contributed by atoms with Gasteiger partial charge in [-0.1, -0.05) is 18.2 Å². The Labute approximate surface area is 202 Å². The number of halogens is 1. The molecule has 3 amide bonds. The summed E-state index contributed by atoms with van der Waals surface area (Å²) in [7, 11) is 1.52. The van der Waals surface area contributed by atoms with Crippen molar-refractivity contribution in [2.45, 2.75) is 13.1 Å². The van der Waals surface area contributed by atoms with Crippen LogP contribution in [-0.4, -0.2) is 48.5 Å². The molecule has 0 saturated heterocycles. The number of ether oxygens (including phenoxy) is 1. The summed E-state index contributed by atoms with van der Waals surface area (Å²) < 4.78 is 18.5. The number of methoxy groups -OCH3 is 1. The Morgan fingerprint density at radius 1 is 1.06 bits per heavy atom. The van der Waals surface area contributed by atoms with Gasteiger partial charge in [0.25, 0.3) is 0 Å². The monoisotopic (exact) mass is 480 g/mol. The Bertz CT molecular complexity index is 1110. The summed E-state index contributed by atoms with van der Waals surface area (Å²) in [6, 6.07) is 17.9. The van der Waals surface area contributed by atoms with Crippen molar-refractivity contribution in [3.63, 3.8) is 0 Å². The number of anilines is 1. The summed E-state index contributed by atoms with van der Waals surface area (Å²) in [5, 5.41) is 13.6. The average Bonchev–Trinajstić information content (AvgIpc) is 3.36. The van der Waals surface area contributed by atoms with Gasteiger partial charge in [0.15, 0.2) is 0 Å². The van der Waals surface area contributed by atoms with Gasteiger partial charge in [0.2, 0.25) is 5.91 Å². The molecule has 0 atom stereocenters. The molecule has 176 valence electrons. The third-order valence-corrected chi connectivity index (χ3v) is 5.87. The van der Waals surface area contributed by atoms with E-state index in [2.05, 4.69) is 5.32 Å². The van der Waals surface area contributed by atoms with Crippen LogP contribution in [0, 0.1) is 17.1 Å². The second kappa shape index (κ2) is 12.5. The van der Waals surface area contributed by atoms with Crippen LogP contribution in [0.2, 0.25) is 0 Å². The van der Waals surface area contributed by atoms with Crippen LogP contribution in [0.4, 0.5) is 14.9 Å². The van der Waals surface area contributed by atoms with Gasteiger partial charge in [0.05, 0.1) is 24.8 Å². The third-order valence-electron chi connectivity index (χ3n) is 5.01. The van der Waals surface area contributed by atoms with Gasteiger partial charge < -0.3 is 19.9 Å². The Kier molecular flexibility index (Phi) is 9.14. The van der Waals surface area contributed by atoms with Crippen molar-refractivity contribution < 1.29 is 18.7 Å². The van der Waals surface area contributed by atoms with E-state index in [1.165, 1.54) is 35.5 Å². The highest BCUT2D eigenvalue weighted by Gasteiger charge is 2.22. The van der Waals surface area contributed by atoms with Gasteiger partial charge in [-0.3, -0.25) is 4.79 Å². The number of urea groups is 1. The number of carbonyl (C=O) groups is 2. The van der Waals surface area contributed by atoms with Crippen LogP contribution in [0.3, 0.4) is 0 Å². The Hall–Kier alpha value is -3.74. The molecule has 3 aromatic rings. The summed E-state index contributed by atoms with van der Waals surface area (Å²) in [5.41, 5.74) is 1.78. The van der Waals surface area contributed by atoms with E-state index in [0.29, 0.717) is 17.8 Å². The van der Waals surface area contributed by atoms with E-state index in [0.717, 1.165) is 10.4 Å². The van der Waals surface area contributed by atoms with E-state index in [9.17, 15) is 14.0 Å². The molecular weight excluding hydrogens is 455 g/mol. The first-order valence-electron chi connectivity index (χ1n) is 10.6. The molecule has 0 bridgehead atoms. The van der Waals surface area contributed by atoms with Gasteiger partial charge in [-0.05, 0) is 53.4 Å². The smallest absolute Gasteiger partial charge is 0.322 e. The largest absolute Gasteiger partial charge is 0.383 e. The normalized spacial score (nSPS) is 10.4. The average molecular weight is 481 g/mol. The molecule has 1 heterocycles. The molecule has 0 spiro atoms. The number of amides is 3. The molecule has 0 aliphatic carbocycles. The van der Waals surface area contributed by atoms with Crippen LogP contribution in [-0.2, 0) is 22.6 Å². The Morgan fingerprint density at radius 2 is 1.79 bits per heavy atom. The van der Waals surface area contributed by atoms with Gasteiger partial charge in [-0.2, -0.15) is 5.26 Å². The maximum absolute atomic E-state index is 13.3. The molecule has 0 aliphatic heterocycles. The second-order valence-corrected chi connectivity index (χ2v) is 8.52. The number of thiophene rings is 1. The maximum Gasteiger partial charge on any atom is 0.322 e. The molecule has 7 nitrogen and oxygen atoms in total. The quantitative estimate of drug-likeness (QED) is 0.464. The van der Waals surface area contributed by atoms with Gasteiger partial charge in [0.1, 0.15) is 12.4 Å². The van der Waals surface area contributed by atoms with Crippen molar-refractivity contribution in [3.8, 4) is 6.07 Å². The van der Waals surface area contributed by atoms with Crippen LogP contribution in [0.1, 0.15) is 16.0 Å². The van der Waals surface area contributed by atoms with Crippen molar-refractivity contribution in [2.24, 2.45) is 0 Å². The van der Waals surface area contributed by atoms with Crippen molar-refractivity contribution in [3.05, 3.63) is 87.9 Å². The van der Waals surface area contributed by atoms with Gasteiger partial charge in [0, 0.05) is 30.8 Å². The van der Waals surface area contributed by atoms with Crippen LogP contribution in [0.25, 0.3) is 0 Å². The standard InChI is InChI=1S/C25H25FN4O3S/c1-33-13-12-29(25(32)28-22-10-6-19(15-27)7-11-22)18-24(31)30(17-23-3-2-14-34-23)16-20-4-8-21(26)9-5-20/h2-11,14H,12-13,16-18H2,1H3,(H,28,32). The molecule has 0 unspecified atom stereocenters. The number of nitriles is 1. The van der Waals surface area contributed by atoms with Crippen LogP contribution in [0.5, 0.6) is 0 Å². The molecular formula is C25H25FN4O3S. The fourth-order valence-electron chi connectivity index (χ4n) is 3.18. The number of hydrogen-bond acceptors (Lipinski definition) is 5. The topological polar surface area (TPSA) is 85.7 Å². The molecule has 0 aliphatic rings. The first-order valence-corrected chi connectivity index (χ1v) is 11.5. The molecule has 3 rings (SSSR count). The maximum atomic E-state index is 13.3. The SMILES string of the molecule is COCCN(CC(=O)N(Cc1ccc(F)cc1)Cc1cccs1)C(=O)Nc1ccc(C#N)cc1. The van der Waals surface area contributed by atoms with Crippen molar-refractivity contribution in [1.82, 2.24) is 9.80 Å². The lowest BCUT2D eigenvalue weighted by atomic mass is 10.2. The lowest BCUT2D eigenvalue weighted by Gasteiger charge is -2.27. The zero-order valence-corrected chi connectivity index (χ0v) is 19.6. The lowest BCUT2D eigenvalue weighted by Crippen LogP contribution is -2.45. The number of hydrogen-bond donors (Lipinski definition) is 1. The highest BCUT2D eigenvalue weighted by atomic mass is 32.1. The minimum atomic E-state index is -0.451. The summed E-state index contributed by atoms with van der Waals surface area (Å²) in [4.78, 5) is 30.3. The zero-order chi connectivity index (χ0) is 24.3. The number of nitrogens with one attached hydrogen (secondary N) is 1. The minimum absolute atomic E-state index is 0.155. The highest BCUT2D eigenvalue weighted by Crippen LogP contribution is 2.16. The summed E-state index contributed by atoms with van der Waals surface area (Å²) in [6.45, 7) is 0.984.